The van der Waals surface area contributed by atoms with Gasteiger partial charge < -0.3 is 5.32 Å². The van der Waals surface area contributed by atoms with Crippen molar-refractivity contribution >= 4 is 0 Å². The molecule has 1 unspecified atom stereocenters. The van der Waals surface area contributed by atoms with Crippen LogP contribution in [0.4, 0.5) is 0 Å². The first-order valence-electron chi connectivity index (χ1n) is 7.48. The summed E-state index contributed by atoms with van der Waals surface area (Å²) in [5.74, 6) is 0.960. The molecule has 17 heavy (non-hydrogen) atoms. The van der Waals surface area contributed by atoms with E-state index in [1.165, 1.54) is 32.1 Å². The van der Waals surface area contributed by atoms with Crippen LogP contribution < -0.4 is 5.32 Å². The van der Waals surface area contributed by atoms with Crippen molar-refractivity contribution in [3.8, 4) is 0 Å². The van der Waals surface area contributed by atoms with Crippen LogP contribution in [-0.4, -0.2) is 36.6 Å². The van der Waals surface area contributed by atoms with Gasteiger partial charge in [0.1, 0.15) is 0 Å². The zero-order valence-electron chi connectivity index (χ0n) is 12.6. The lowest BCUT2D eigenvalue weighted by molar-refractivity contribution is 0.0835. The normalized spacial score (nSPS) is 20.1. The van der Waals surface area contributed by atoms with Crippen LogP contribution in [0.2, 0.25) is 0 Å². The minimum atomic E-state index is 0.265. The zero-order chi connectivity index (χ0) is 12.9. The number of hydrogen-bond acceptors (Lipinski definition) is 2. The first-order chi connectivity index (χ1) is 8.06. The van der Waals surface area contributed by atoms with Crippen LogP contribution in [0.3, 0.4) is 0 Å². The van der Waals surface area contributed by atoms with Crippen LogP contribution in [0.5, 0.6) is 0 Å². The molecule has 0 aromatic rings. The Labute approximate surface area is 108 Å². The number of likely N-dealkylation sites (N-methyl/N-ethyl adjacent to an activating group) is 2. The quantitative estimate of drug-likeness (QED) is 0.735. The fourth-order valence-electron chi connectivity index (χ4n) is 3.60. The highest BCUT2D eigenvalue weighted by Crippen LogP contribution is 2.32. The van der Waals surface area contributed by atoms with Gasteiger partial charge >= 0.3 is 0 Å². The largest absolute Gasteiger partial charge is 0.315 e. The Morgan fingerprint density at radius 3 is 2.12 bits per heavy atom. The third kappa shape index (κ3) is 3.69. The van der Waals surface area contributed by atoms with Gasteiger partial charge in [-0.1, -0.05) is 39.5 Å². The van der Waals surface area contributed by atoms with E-state index in [1.807, 2.05) is 0 Å². The Bertz CT molecular complexity index is 203. The van der Waals surface area contributed by atoms with Gasteiger partial charge in [0.15, 0.2) is 0 Å². The van der Waals surface area contributed by atoms with E-state index in [0.717, 1.165) is 19.0 Å². The number of rotatable bonds is 7. The van der Waals surface area contributed by atoms with Gasteiger partial charge in [0, 0.05) is 11.6 Å². The molecule has 0 spiro atoms. The lowest BCUT2D eigenvalue weighted by Crippen LogP contribution is -2.57. The summed E-state index contributed by atoms with van der Waals surface area (Å²) in [6.45, 7) is 11.6. The van der Waals surface area contributed by atoms with Gasteiger partial charge in [-0.3, -0.25) is 4.90 Å². The van der Waals surface area contributed by atoms with E-state index in [1.54, 1.807) is 0 Å². The van der Waals surface area contributed by atoms with E-state index in [4.69, 9.17) is 0 Å². The first kappa shape index (κ1) is 15.0. The highest BCUT2D eigenvalue weighted by molar-refractivity contribution is 4.94. The van der Waals surface area contributed by atoms with E-state index in [2.05, 4.69) is 45.0 Å². The van der Waals surface area contributed by atoms with Crippen molar-refractivity contribution in [2.24, 2.45) is 5.92 Å². The van der Waals surface area contributed by atoms with Crippen molar-refractivity contribution in [3.63, 3.8) is 0 Å². The van der Waals surface area contributed by atoms with Gasteiger partial charge in [0.05, 0.1) is 0 Å². The lowest BCUT2D eigenvalue weighted by Gasteiger charge is -2.44. The Morgan fingerprint density at radius 1 is 1.18 bits per heavy atom. The van der Waals surface area contributed by atoms with Crippen molar-refractivity contribution in [2.45, 2.75) is 71.4 Å². The average Bonchev–Trinajstić information content (AvgIpc) is 2.79. The van der Waals surface area contributed by atoms with Crippen LogP contribution in [0.15, 0.2) is 0 Å². The third-order valence-corrected chi connectivity index (χ3v) is 4.82. The summed E-state index contributed by atoms with van der Waals surface area (Å²) in [6, 6.07) is 0.616. The number of nitrogens with zero attached hydrogens (tertiary/aromatic N) is 1. The van der Waals surface area contributed by atoms with E-state index in [-0.39, 0.29) is 5.54 Å². The van der Waals surface area contributed by atoms with Gasteiger partial charge in [0.2, 0.25) is 0 Å². The summed E-state index contributed by atoms with van der Waals surface area (Å²) in [7, 11) is 2.13. The molecule has 1 aliphatic rings. The summed E-state index contributed by atoms with van der Waals surface area (Å²) in [4.78, 5) is 2.59. The van der Waals surface area contributed by atoms with E-state index in [0.29, 0.717) is 6.04 Å². The van der Waals surface area contributed by atoms with Crippen molar-refractivity contribution in [1.29, 1.82) is 0 Å². The van der Waals surface area contributed by atoms with Crippen LogP contribution in [0.25, 0.3) is 0 Å². The van der Waals surface area contributed by atoms with Crippen molar-refractivity contribution in [3.05, 3.63) is 0 Å². The highest BCUT2D eigenvalue weighted by atomic mass is 15.2. The van der Waals surface area contributed by atoms with Crippen LogP contribution in [-0.2, 0) is 0 Å². The molecule has 0 aliphatic heterocycles. The molecule has 0 bridgehead atoms. The summed E-state index contributed by atoms with van der Waals surface area (Å²) in [5.41, 5.74) is 0.265. The second-order valence-corrected chi connectivity index (χ2v) is 6.05. The van der Waals surface area contributed by atoms with E-state index >= 15 is 0 Å². The van der Waals surface area contributed by atoms with Gasteiger partial charge in [-0.25, -0.2) is 0 Å². The molecule has 2 heteroatoms. The fraction of sp³-hybridized carbons (Fsp3) is 1.00. The Hall–Kier alpha value is -0.0800. The topological polar surface area (TPSA) is 15.3 Å². The molecule has 0 amide bonds. The summed E-state index contributed by atoms with van der Waals surface area (Å²) >= 11 is 0. The second-order valence-electron chi connectivity index (χ2n) is 6.05. The van der Waals surface area contributed by atoms with Crippen LogP contribution in [0.1, 0.15) is 59.8 Å². The van der Waals surface area contributed by atoms with Crippen molar-refractivity contribution in [1.82, 2.24) is 10.2 Å². The molecule has 0 saturated heterocycles. The lowest BCUT2D eigenvalue weighted by atomic mass is 9.84. The SMILES string of the molecule is CCN(CC)C(C)(C)C(CC1CCCC1)NC. The Balaban J connectivity index is 2.62. The predicted molar refractivity (Wildman–Crippen MR) is 76.4 cm³/mol. The molecule has 1 N–H and O–H groups in total. The summed E-state index contributed by atoms with van der Waals surface area (Å²) in [6.07, 6.45) is 7.15. The maximum atomic E-state index is 3.58. The van der Waals surface area contributed by atoms with Crippen LogP contribution >= 0.6 is 0 Å². The third-order valence-electron chi connectivity index (χ3n) is 4.82. The predicted octanol–water partition coefficient (Wildman–Crippen LogP) is 3.28. The maximum absolute atomic E-state index is 3.58. The molecular formula is C15H32N2. The molecule has 0 heterocycles. The second kappa shape index (κ2) is 6.75. The van der Waals surface area contributed by atoms with Gasteiger partial charge in [-0.15, -0.1) is 0 Å². The highest BCUT2D eigenvalue weighted by Gasteiger charge is 2.34. The number of nitrogens with one attached hydrogen (secondary N) is 1. The van der Waals surface area contributed by atoms with Crippen molar-refractivity contribution < 1.29 is 0 Å². The van der Waals surface area contributed by atoms with E-state index < -0.39 is 0 Å². The summed E-state index contributed by atoms with van der Waals surface area (Å²) < 4.78 is 0. The first-order valence-corrected chi connectivity index (χ1v) is 7.48. The van der Waals surface area contributed by atoms with Gasteiger partial charge in [0.25, 0.3) is 0 Å². The molecule has 2 nitrogen and oxygen atoms in total. The molecule has 0 aromatic carbocycles. The fourth-order valence-corrected chi connectivity index (χ4v) is 3.60. The Morgan fingerprint density at radius 2 is 1.71 bits per heavy atom. The standard InChI is InChI=1S/C15H32N2/c1-6-17(7-2)15(3,4)14(16-5)12-13-10-8-9-11-13/h13-14,16H,6-12H2,1-5H3. The number of hydrogen-bond donors (Lipinski definition) is 1. The molecule has 1 fully saturated rings. The van der Waals surface area contributed by atoms with E-state index in [9.17, 15) is 0 Å². The zero-order valence-corrected chi connectivity index (χ0v) is 12.6. The molecular weight excluding hydrogens is 208 g/mol. The molecule has 1 atom stereocenters. The maximum Gasteiger partial charge on any atom is 0.0305 e. The van der Waals surface area contributed by atoms with Crippen molar-refractivity contribution in [2.75, 3.05) is 20.1 Å². The molecule has 102 valence electrons. The van der Waals surface area contributed by atoms with Gasteiger partial charge in [-0.05, 0) is 46.3 Å². The molecule has 0 radical (unpaired) electrons. The molecule has 1 aliphatic carbocycles. The molecule has 1 saturated carbocycles. The van der Waals surface area contributed by atoms with Crippen LogP contribution in [0, 0.1) is 5.92 Å². The molecule has 0 aromatic heterocycles. The minimum Gasteiger partial charge on any atom is -0.315 e. The Kier molecular flexibility index (Phi) is 5.94. The summed E-state index contributed by atoms with van der Waals surface area (Å²) in [5, 5.41) is 3.58. The average molecular weight is 240 g/mol. The van der Waals surface area contributed by atoms with Gasteiger partial charge in [-0.2, -0.15) is 0 Å². The minimum absolute atomic E-state index is 0.265. The molecule has 1 rings (SSSR count). The monoisotopic (exact) mass is 240 g/mol. The smallest absolute Gasteiger partial charge is 0.0305 e.